The van der Waals surface area contributed by atoms with Crippen LogP contribution in [0.5, 0.6) is 0 Å². The number of hydrogen-bond donors (Lipinski definition) is 1. The number of halogens is 1. The molecule has 1 rings (SSSR count). The molecule has 3 nitrogen and oxygen atoms in total. The largest absolute Gasteiger partial charge is 0.365 e. The summed E-state index contributed by atoms with van der Waals surface area (Å²) in [5, 5.41) is 3.06. The highest BCUT2D eigenvalue weighted by Gasteiger charge is 2.13. The van der Waals surface area contributed by atoms with Gasteiger partial charge in [0.1, 0.15) is 6.33 Å². The van der Waals surface area contributed by atoms with Gasteiger partial charge < -0.3 is 5.32 Å². The molecule has 0 aliphatic carbocycles. The van der Waals surface area contributed by atoms with Crippen molar-refractivity contribution in [1.29, 1.82) is 0 Å². The van der Waals surface area contributed by atoms with E-state index in [2.05, 4.69) is 29.1 Å². The molecule has 4 heteroatoms. The van der Waals surface area contributed by atoms with Gasteiger partial charge in [-0.2, -0.15) is 0 Å². The standard InChI is InChI=1S/C11H18FN3/c1-5-9-10(12)11(14-6-13-9)15-8(4)7(2)3/h6-8H,5H2,1-4H3,(H,13,14,15). The Morgan fingerprint density at radius 1 is 1.33 bits per heavy atom. The molecule has 0 fully saturated rings. The van der Waals surface area contributed by atoms with Gasteiger partial charge in [-0.3, -0.25) is 0 Å². The van der Waals surface area contributed by atoms with E-state index in [9.17, 15) is 4.39 Å². The molecule has 0 radical (unpaired) electrons. The highest BCUT2D eigenvalue weighted by molar-refractivity contribution is 5.38. The lowest BCUT2D eigenvalue weighted by molar-refractivity contribution is 0.544. The fourth-order valence-corrected chi connectivity index (χ4v) is 1.14. The van der Waals surface area contributed by atoms with E-state index in [4.69, 9.17) is 0 Å². The monoisotopic (exact) mass is 211 g/mol. The Bertz CT molecular complexity index is 326. The summed E-state index contributed by atoms with van der Waals surface area (Å²) in [5.74, 6) is 0.417. The first kappa shape index (κ1) is 11.9. The van der Waals surface area contributed by atoms with Crippen LogP contribution in [0, 0.1) is 11.7 Å². The molecule has 1 heterocycles. The van der Waals surface area contributed by atoms with E-state index in [0.29, 0.717) is 23.9 Å². The molecule has 1 atom stereocenters. The molecule has 0 bridgehead atoms. The van der Waals surface area contributed by atoms with Crippen LogP contribution in [0.3, 0.4) is 0 Å². The number of anilines is 1. The van der Waals surface area contributed by atoms with Gasteiger partial charge in [0.2, 0.25) is 0 Å². The molecular formula is C11H18FN3. The molecule has 0 aromatic carbocycles. The number of rotatable bonds is 4. The average molecular weight is 211 g/mol. The fraction of sp³-hybridized carbons (Fsp3) is 0.636. The zero-order valence-corrected chi connectivity index (χ0v) is 9.71. The Hall–Kier alpha value is -1.19. The van der Waals surface area contributed by atoms with E-state index in [0.717, 1.165) is 0 Å². The van der Waals surface area contributed by atoms with Crippen molar-refractivity contribution in [3.8, 4) is 0 Å². The Morgan fingerprint density at radius 2 is 2.00 bits per heavy atom. The van der Waals surface area contributed by atoms with Gasteiger partial charge in [0.25, 0.3) is 0 Å². The molecule has 1 N–H and O–H groups in total. The molecule has 15 heavy (non-hydrogen) atoms. The summed E-state index contributed by atoms with van der Waals surface area (Å²) < 4.78 is 13.7. The predicted octanol–water partition coefficient (Wildman–Crippen LogP) is 2.63. The molecule has 0 aliphatic rings. The Morgan fingerprint density at radius 3 is 2.53 bits per heavy atom. The van der Waals surface area contributed by atoms with E-state index in [1.54, 1.807) is 0 Å². The molecule has 1 aromatic heterocycles. The lowest BCUT2D eigenvalue weighted by atomic mass is 10.1. The van der Waals surface area contributed by atoms with E-state index in [-0.39, 0.29) is 11.9 Å². The second kappa shape index (κ2) is 5.05. The molecule has 0 amide bonds. The molecule has 0 aliphatic heterocycles. The fourth-order valence-electron chi connectivity index (χ4n) is 1.14. The number of aryl methyl sites for hydroxylation is 1. The molecule has 1 aromatic rings. The van der Waals surface area contributed by atoms with E-state index in [1.165, 1.54) is 6.33 Å². The molecule has 0 saturated heterocycles. The number of aromatic nitrogens is 2. The van der Waals surface area contributed by atoms with Gasteiger partial charge in [-0.25, -0.2) is 14.4 Å². The lowest BCUT2D eigenvalue weighted by Crippen LogP contribution is -2.23. The maximum atomic E-state index is 13.7. The average Bonchev–Trinajstić information content (AvgIpc) is 2.21. The lowest BCUT2D eigenvalue weighted by Gasteiger charge is -2.18. The first-order valence-corrected chi connectivity index (χ1v) is 5.32. The summed E-state index contributed by atoms with van der Waals surface area (Å²) in [6, 6.07) is 0.194. The SMILES string of the molecule is CCc1ncnc(NC(C)C(C)C)c1F. The van der Waals surface area contributed by atoms with Crippen molar-refractivity contribution in [2.75, 3.05) is 5.32 Å². The maximum absolute atomic E-state index is 13.7. The highest BCUT2D eigenvalue weighted by atomic mass is 19.1. The van der Waals surface area contributed by atoms with E-state index in [1.807, 2.05) is 13.8 Å². The zero-order valence-electron chi connectivity index (χ0n) is 9.71. The van der Waals surface area contributed by atoms with Crippen LogP contribution < -0.4 is 5.32 Å². The number of hydrogen-bond acceptors (Lipinski definition) is 3. The first-order valence-electron chi connectivity index (χ1n) is 5.32. The third-order valence-electron chi connectivity index (χ3n) is 2.56. The summed E-state index contributed by atoms with van der Waals surface area (Å²) in [5.41, 5.74) is 0.462. The van der Waals surface area contributed by atoms with Gasteiger partial charge in [0.15, 0.2) is 11.6 Å². The van der Waals surface area contributed by atoms with Crippen LogP contribution in [0.1, 0.15) is 33.4 Å². The van der Waals surface area contributed by atoms with Gasteiger partial charge in [0.05, 0.1) is 5.69 Å². The highest BCUT2D eigenvalue weighted by Crippen LogP contribution is 2.16. The van der Waals surface area contributed by atoms with Crippen molar-refractivity contribution in [2.45, 2.75) is 40.2 Å². The van der Waals surface area contributed by atoms with Crippen molar-refractivity contribution in [1.82, 2.24) is 9.97 Å². The number of nitrogens with zero attached hydrogens (tertiary/aromatic N) is 2. The predicted molar refractivity (Wildman–Crippen MR) is 59.3 cm³/mol. The van der Waals surface area contributed by atoms with Crippen molar-refractivity contribution in [2.24, 2.45) is 5.92 Å². The Labute approximate surface area is 90.1 Å². The van der Waals surface area contributed by atoms with Crippen LogP contribution >= 0.6 is 0 Å². The van der Waals surface area contributed by atoms with Gasteiger partial charge in [0, 0.05) is 6.04 Å². The third-order valence-corrected chi connectivity index (χ3v) is 2.56. The molecule has 0 saturated carbocycles. The van der Waals surface area contributed by atoms with Gasteiger partial charge in [-0.15, -0.1) is 0 Å². The van der Waals surface area contributed by atoms with Crippen molar-refractivity contribution in [3.63, 3.8) is 0 Å². The minimum Gasteiger partial charge on any atom is -0.365 e. The summed E-state index contributed by atoms with van der Waals surface area (Å²) in [4.78, 5) is 7.80. The van der Waals surface area contributed by atoms with Crippen LogP contribution in [-0.2, 0) is 6.42 Å². The topological polar surface area (TPSA) is 37.8 Å². The van der Waals surface area contributed by atoms with Crippen LogP contribution in [-0.4, -0.2) is 16.0 Å². The normalized spacial score (nSPS) is 12.9. The van der Waals surface area contributed by atoms with Crippen molar-refractivity contribution >= 4 is 5.82 Å². The van der Waals surface area contributed by atoms with Crippen LogP contribution in [0.4, 0.5) is 10.2 Å². The first-order chi connectivity index (χ1) is 7.06. The summed E-state index contributed by atoms with van der Waals surface area (Å²) in [7, 11) is 0. The Kier molecular flexibility index (Phi) is 4.00. The second-order valence-electron chi connectivity index (χ2n) is 4.01. The molecule has 1 unspecified atom stereocenters. The smallest absolute Gasteiger partial charge is 0.186 e. The summed E-state index contributed by atoms with van der Waals surface area (Å²) in [6.07, 6.45) is 1.98. The van der Waals surface area contributed by atoms with Crippen LogP contribution in [0.2, 0.25) is 0 Å². The van der Waals surface area contributed by atoms with Crippen molar-refractivity contribution < 1.29 is 4.39 Å². The quantitative estimate of drug-likeness (QED) is 0.832. The molecule has 0 spiro atoms. The van der Waals surface area contributed by atoms with E-state index < -0.39 is 0 Å². The summed E-state index contributed by atoms with van der Waals surface area (Å²) in [6.45, 7) is 8.05. The van der Waals surface area contributed by atoms with Gasteiger partial charge >= 0.3 is 0 Å². The third kappa shape index (κ3) is 2.88. The van der Waals surface area contributed by atoms with Gasteiger partial charge in [-0.05, 0) is 19.3 Å². The van der Waals surface area contributed by atoms with Crippen LogP contribution in [0.25, 0.3) is 0 Å². The minimum atomic E-state index is -0.326. The van der Waals surface area contributed by atoms with Gasteiger partial charge in [-0.1, -0.05) is 20.8 Å². The minimum absolute atomic E-state index is 0.194. The van der Waals surface area contributed by atoms with Crippen molar-refractivity contribution in [3.05, 3.63) is 17.8 Å². The summed E-state index contributed by atoms with van der Waals surface area (Å²) >= 11 is 0. The van der Waals surface area contributed by atoms with Crippen LogP contribution in [0.15, 0.2) is 6.33 Å². The zero-order chi connectivity index (χ0) is 11.4. The number of nitrogens with one attached hydrogen (secondary N) is 1. The second-order valence-corrected chi connectivity index (χ2v) is 4.01. The molecular weight excluding hydrogens is 193 g/mol. The van der Waals surface area contributed by atoms with E-state index >= 15 is 0 Å². The Balaban J connectivity index is 2.86. The molecule has 84 valence electrons. The maximum Gasteiger partial charge on any atom is 0.186 e.